The predicted molar refractivity (Wildman–Crippen MR) is 95.1 cm³/mol. The van der Waals surface area contributed by atoms with E-state index in [9.17, 15) is 19.8 Å². The van der Waals surface area contributed by atoms with Crippen molar-refractivity contribution in [3.8, 4) is 5.75 Å². The van der Waals surface area contributed by atoms with Crippen LogP contribution in [0.5, 0.6) is 5.75 Å². The van der Waals surface area contributed by atoms with Crippen LogP contribution < -0.4 is 0 Å². The Morgan fingerprint density at radius 2 is 1.48 bits per heavy atom. The van der Waals surface area contributed by atoms with Crippen LogP contribution in [0.4, 0.5) is 0 Å². The van der Waals surface area contributed by atoms with Crippen molar-refractivity contribution in [3.63, 3.8) is 0 Å². The summed E-state index contributed by atoms with van der Waals surface area (Å²) >= 11 is 0. The Labute approximate surface area is 145 Å². The van der Waals surface area contributed by atoms with Crippen LogP contribution in [0.1, 0.15) is 52.6 Å². The largest absolute Gasteiger partial charge is 0.507 e. The second kappa shape index (κ2) is 6.81. The first-order chi connectivity index (χ1) is 11.6. The van der Waals surface area contributed by atoms with Gasteiger partial charge >= 0.3 is 5.97 Å². The first-order valence-electron chi connectivity index (χ1n) is 7.72. The highest BCUT2D eigenvalue weighted by Crippen LogP contribution is 2.28. The molecule has 0 unspecified atom stereocenters. The molecule has 0 heterocycles. The fourth-order valence-electron chi connectivity index (χ4n) is 2.27. The molecule has 2 aromatic rings. The summed E-state index contributed by atoms with van der Waals surface area (Å²) in [7, 11) is 0. The molecule has 0 saturated carbocycles. The van der Waals surface area contributed by atoms with E-state index < -0.39 is 11.8 Å². The second-order valence-corrected chi connectivity index (χ2v) is 6.76. The van der Waals surface area contributed by atoms with Crippen molar-refractivity contribution in [2.75, 3.05) is 0 Å². The van der Waals surface area contributed by atoms with E-state index in [4.69, 9.17) is 5.11 Å². The quantitative estimate of drug-likeness (QED) is 0.441. The molecule has 0 spiro atoms. The van der Waals surface area contributed by atoms with E-state index in [-0.39, 0.29) is 28.1 Å². The maximum atomic E-state index is 12.4. The molecule has 130 valence electrons. The van der Waals surface area contributed by atoms with Gasteiger partial charge in [-0.15, -0.1) is 0 Å². The number of aliphatic hydroxyl groups excluding tert-OH is 1. The monoisotopic (exact) mass is 340 g/mol. The number of carboxylic acid groups (broad SMARTS) is 1. The summed E-state index contributed by atoms with van der Waals surface area (Å²) in [6.07, 6.45) is 1.01. The van der Waals surface area contributed by atoms with Crippen LogP contribution >= 0.6 is 0 Å². The van der Waals surface area contributed by atoms with Crippen molar-refractivity contribution in [3.05, 3.63) is 70.8 Å². The highest BCUT2D eigenvalue weighted by Gasteiger charge is 2.18. The van der Waals surface area contributed by atoms with Crippen LogP contribution in [0, 0.1) is 0 Å². The summed E-state index contributed by atoms with van der Waals surface area (Å²) in [5.41, 5.74) is 1.18. The Bertz CT molecular complexity index is 839. The Kier molecular flexibility index (Phi) is 4.97. The zero-order valence-electron chi connectivity index (χ0n) is 14.3. The van der Waals surface area contributed by atoms with Gasteiger partial charge in [0.1, 0.15) is 11.5 Å². The van der Waals surface area contributed by atoms with Gasteiger partial charge in [0.05, 0.1) is 11.1 Å². The van der Waals surface area contributed by atoms with Crippen molar-refractivity contribution in [1.29, 1.82) is 0 Å². The number of aromatic carboxylic acids is 1. The SMILES string of the molecule is CC(C)(C)c1ccc(O)c(C(=O)C=C(O)c2ccc(C(=O)O)cc2)c1. The molecule has 0 aliphatic rings. The van der Waals surface area contributed by atoms with E-state index in [1.54, 1.807) is 12.1 Å². The van der Waals surface area contributed by atoms with Gasteiger partial charge < -0.3 is 15.3 Å². The number of hydrogen-bond donors (Lipinski definition) is 3. The first kappa shape index (κ1) is 18.3. The third kappa shape index (κ3) is 4.26. The molecule has 5 nitrogen and oxygen atoms in total. The summed E-state index contributed by atoms with van der Waals surface area (Å²) in [5, 5.41) is 28.9. The standard InChI is InChI=1S/C20H20O5/c1-20(2,3)14-8-9-16(21)15(10-14)18(23)11-17(22)12-4-6-13(7-5-12)19(24)25/h4-11,21-22H,1-3H3,(H,24,25). The molecule has 0 aromatic heterocycles. The van der Waals surface area contributed by atoms with Gasteiger partial charge in [0, 0.05) is 11.6 Å². The lowest BCUT2D eigenvalue weighted by Crippen LogP contribution is -2.12. The normalized spacial score (nSPS) is 12.0. The summed E-state index contributed by atoms with van der Waals surface area (Å²) in [6, 6.07) is 10.3. The number of carbonyl (C=O) groups excluding carboxylic acids is 1. The fraction of sp³-hybridized carbons (Fsp3) is 0.200. The minimum absolute atomic E-state index is 0.0819. The lowest BCUT2D eigenvalue weighted by atomic mass is 9.85. The van der Waals surface area contributed by atoms with Gasteiger partial charge in [0.25, 0.3) is 0 Å². The zero-order chi connectivity index (χ0) is 18.8. The summed E-state index contributed by atoms with van der Waals surface area (Å²) in [4.78, 5) is 23.2. The average molecular weight is 340 g/mol. The molecule has 0 saturated heterocycles. The van der Waals surface area contributed by atoms with Gasteiger partial charge in [-0.05, 0) is 35.2 Å². The molecule has 25 heavy (non-hydrogen) atoms. The van der Waals surface area contributed by atoms with Crippen molar-refractivity contribution in [2.45, 2.75) is 26.2 Å². The molecule has 0 radical (unpaired) electrons. The van der Waals surface area contributed by atoms with Crippen LogP contribution in [0.15, 0.2) is 48.5 Å². The van der Waals surface area contributed by atoms with Crippen LogP contribution in [0.25, 0.3) is 5.76 Å². The summed E-state index contributed by atoms with van der Waals surface area (Å²) in [6.45, 7) is 5.97. The summed E-state index contributed by atoms with van der Waals surface area (Å²) < 4.78 is 0. The van der Waals surface area contributed by atoms with Crippen molar-refractivity contribution in [1.82, 2.24) is 0 Å². The Morgan fingerprint density at radius 3 is 2.00 bits per heavy atom. The van der Waals surface area contributed by atoms with Crippen LogP contribution in [-0.4, -0.2) is 27.1 Å². The number of allylic oxidation sites excluding steroid dienone is 1. The number of rotatable bonds is 4. The molecule has 3 N–H and O–H groups in total. The topological polar surface area (TPSA) is 94.8 Å². The zero-order valence-corrected chi connectivity index (χ0v) is 14.3. The number of ketones is 1. The molecule has 0 bridgehead atoms. The maximum absolute atomic E-state index is 12.4. The third-order valence-corrected chi connectivity index (χ3v) is 3.82. The van der Waals surface area contributed by atoms with E-state index in [1.807, 2.05) is 20.8 Å². The van der Waals surface area contributed by atoms with Gasteiger partial charge in [-0.2, -0.15) is 0 Å². The van der Waals surface area contributed by atoms with Crippen molar-refractivity contribution >= 4 is 17.5 Å². The third-order valence-electron chi connectivity index (χ3n) is 3.82. The van der Waals surface area contributed by atoms with E-state index >= 15 is 0 Å². The fourth-order valence-corrected chi connectivity index (χ4v) is 2.27. The maximum Gasteiger partial charge on any atom is 0.335 e. The predicted octanol–water partition coefficient (Wildman–Crippen LogP) is 4.17. The van der Waals surface area contributed by atoms with E-state index in [1.165, 1.54) is 30.3 Å². The molecule has 0 fully saturated rings. The molecule has 0 aliphatic heterocycles. The number of phenols is 1. The van der Waals surface area contributed by atoms with Crippen molar-refractivity contribution in [2.24, 2.45) is 0 Å². The highest BCUT2D eigenvalue weighted by molar-refractivity contribution is 6.09. The van der Waals surface area contributed by atoms with E-state index in [0.29, 0.717) is 5.56 Å². The van der Waals surface area contributed by atoms with E-state index in [2.05, 4.69) is 0 Å². The molecule has 0 amide bonds. The van der Waals surface area contributed by atoms with E-state index in [0.717, 1.165) is 11.6 Å². The van der Waals surface area contributed by atoms with Crippen LogP contribution in [0.3, 0.4) is 0 Å². The average Bonchev–Trinajstić information content (AvgIpc) is 2.54. The Morgan fingerprint density at radius 1 is 0.920 bits per heavy atom. The smallest absolute Gasteiger partial charge is 0.335 e. The van der Waals surface area contributed by atoms with Crippen molar-refractivity contribution < 1.29 is 24.9 Å². The highest BCUT2D eigenvalue weighted by atomic mass is 16.4. The van der Waals surface area contributed by atoms with Gasteiger partial charge in [-0.3, -0.25) is 4.79 Å². The lowest BCUT2D eigenvalue weighted by molar-refractivity contribution is 0.0696. The lowest BCUT2D eigenvalue weighted by Gasteiger charge is -2.19. The second-order valence-electron chi connectivity index (χ2n) is 6.76. The van der Waals surface area contributed by atoms with Crippen LogP contribution in [-0.2, 0) is 5.41 Å². The van der Waals surface area contributed by atoms with Crippen LogP contribution in [0.2, 0.25) is 0 Å². The number of hydrogen-bond acceptors (Lipinski definition) is 4. The molecule has 2 aromatic carbocycles. The molecular weight excluding hydrogens is 320 g/mol. The Balaban J connectivity index is 2.34. The number of aliphatic hydroxyl groups is 1. The molecule has 5 heteroatoms. The minimum Gasteiger partial charge on any atom is -0.507 e. The molecule has 2 rings (SSSR count). The number of carbonyl (C=O) groups is 2. The van der Waals surface area contributed by atoms with Gasteiger partial charge in [0.2, 0.25) is 0 Å². The first-order valence-corrected chi connectivity index (χ1v) is 7.72. The number of benzene rings is 2. The molecule has 0 atom stereocenters. The number of aromatic hydroxyl groups is 1. The Hall–Kier alpha value is -3.08. The van der Waals surface area contributed by atoms with Gasteiger partial charge in [-0.1, -0.05) is 39.0 Å². The van der Waals surface area contributed by atoms with Gasteiger partial charge in [0.15, 0.2) is 5.78 Å². The minimum atomic E-state index is -1.07. The molecular formula is C20H20O5. The number of phenolic OH excluding ortho intramolecular Hbond substituents is 1. The molecule has 0 aliphatic carbocycles. The summed E-state index contributed by atoms with van der Waals surface area (Å²) in [5.74, 6) is -2.08. The van der Waals surface area contributed by atoms with Gasteiger partial charge in [-0.25, -0.2) is 4.79 Å². The number of carboxylic acids is 1.